The molecule has 1 unspecified atom stereocenters. The lowest BCUT2D eigenvalue weighted by molar-refractivity contribution is -0.130. The third-order valence-corrected chi connectivity index (χ3v) is 8.51. The molecule has 0 saturated carbocycles. The zero-order valence-electron chi connectivity index (χ0n) is 23.3. The highest BCUT2D eigenvalue weighted by Gasteiger charge is 2.33. The summed E-state index contributed by atoms with van der Waals surface area (Å²) in [5.41, 5.74) is 1.83. The molecule has 0 heterocycles. The second kappa shape index (κ2) is 14.4. The van der Waals surface area contributed by atoms with Gasteiger partial charge < -0.3 is 15.7 Å². The summed E-state index contributed by atoms with van der Waals surface area (Å²) in [6, 6.07) is 14.5. The van der Waals surface area contributed by atoms with Crippen LogP contribution >= 0.6 is 0 Å². The zero-order valence-corrected chi connectivity index (χ0v) is 24.2. The number of aliphatic hydroxyl groups is 1. The first-order chi connectivity index (χ1) is 17.8. The molecule has 0 spiro atoms. The van der Waals surface area contributed by atoms with E-state index in [-0.39, 0.29) is 35.7 Å². The van der Waals surface area contributed by atoms with Crippen LogP contribution in [0.5, 0.6) is 0 Å². The molecule has 0 saturated heterocycles. The van der Waals surface area contributed by atoms with E-state index in [1.165, 1.54) is 11.2 Å². The lowest BCUT2D eigenvalue weighted by Crippen LogP contribution is -2.56. The van der Waals surface area contributed by atoms with E-state index in [4.69, 9.17) is 0 Å². The monoisotopic (exact) mass is 545 g/mol. The summed E-state index contributed by atoms with van der Waals surface area (Å²) in [5, 5.41) is 17.0. The van der Waals surface area contributed by atoms with E-state index in [0.717, 1.165) is 17.5 Å². The number of carbonyl (C=O) groups is 2. The van der Waals surface area contributed by atoms with E-state index in [0.29, 0.717) is 6.42 Å². The SMILES string of the molecule is CC[C@H](C)CN(C[C@@H](O)[C@H](Cc1ccccc1)NC(=O)C(NC(C)=O)C(C)C)S(=O)(=O)c1ccc(C)cc1. The third kappa shape index (κ3) is 9.22. The van der Waals surface area contributed by atoms with Gasteiger partial charge in [0.25, 0.3) is 0 Å². The largest absolute Gasteiger partial charge is 0.390 e. The number of carbonyl (C=O) groups excluding carboxylic acids is 2. The van der Waals surface area contributed by atoms with Crippen molar-refractivity contribution in [2.45, 2.75) is 77.5 Å². The van der Waals surface area contributed by atoms with Crippen LogP contribution in [0.4, 0.5) is 0 Å². The second-order valence-electron chi connectivity index (χ2n) is 10.4. The van der Waals surface area contributed by atoms with Crippen LogP contribution < -0.4 is 10.6 Å². The Morgan fingerprint density at radius 2 is 1.55 bits per heavy atom. The Balaban J connectivity index is 2.38. The topological polar surface area (TPSA) is 116 Å². The van der Waals surface area contributed by atoms with Crippen molar-refractivity contribution in [3.8, 4) is 0 Å². The Kier molecular flexibility index (Phi) is 11.9. The standard InChI is InChI=1S/C29H43N3O5S/c1-7-21(4)18-32(38(36,37)25-15-13-22(5)14-16-25)19-27(34)26(17-24-11-9-8-10-12-24)31-29(35)28(20(2)3)30-23(6)33/h8-16,20-21,26-28,34H,7,17-19H2,1-6H3,(H,30,33)(H,31,35)/t21-,26-,27+,28?/m0/s1. The van der Waals surface area contributed by atoms with Crippen molar-refractivity contribution < 1.29 is 23.1 Å². The summed E-state index contributed by atoms with van der Waals surface area (Å²) in [6.45, 7) is 10.9. The molecule has 0 fully saturated rings. The van der Waals surface area contributed by atoms with E-state index in [1.54, 1.807) is 24.3 Å². The van der Waals surface area contributed by atoms with E-state index in [2.05, 4.69) is 10.6 Å². The van der Waals surface area contributed by atoms with Gasteiger partial charge in [0.15, 0.2) is 0 Å². The molecule has 0 bridgehead atoms. The van der Waals surface area contributed by atoms with Gasteiger partial charge in [-0.05, 0) is 42.9 Å². The van der Waals surface area contributed by atoms with Gasteiger partial charge in [-0.15, -0.1) is 0 Å². The lowest BCUT2D eigenvalue weighted by Gasteiger charge is -2.32. The molecule has 3 N–H and O–H groups in total. The van der Waals surface area contributed by atoms with Gasteiger partial charge in [-0.25, -0.2) is 8.42 Å². The number of nitrogens with one attached hydrogen (secondary N) is 2. The summed E-state index contributed by atoms with van der Waals surface area (Å²) in [6.07, 6.45) is -0.138. The van der Waals surface area contributed by atoms with Crippen LogP contribution in [0, 0.1) is 18.8 Å². The van der Waals surface area contributed by atoms with Crippen LogP contribution in [-0.4, -0.2) is 60.9 Å². The number of hydrogen-bond donors (Lipinski definition) is 3. The van der Waals surface area contributed by atoms with Crippen molar-refractivity contribution in [3.63, 3.8) is 0 Å². The number of hydrogen-bond acceptors (Lipinski definition) is 5. The highest BCUT2D eigenvalue weighted by molar-refractivity contribution is 7.89. The van der Waals surface area contributed by atoms with Crippen LogP contribution in [0.25, 0.3) is 0 Å². The predicted molar refractivity (Wildman–Crippen MR) is 150 cm³/mol. The molecular weight excluding hydrogens is 502 g/mol. The first-order valence-electron chi connectivity index (χ1n) is 13.2. The predicted octanol–water partition coefficient (Wildman–Crippen LogP) is 3.28. The molecule has 9 heteroatoms. The Hall–Kier alpha value is -2.75. The molecule has 0 aliphatic carbocycles. The number of aliphatic hydroxyl groups excluding tert-OH is 1. The number of nitrogens with zero attached hydrogens (tertiary/aromatic N) is 1. The number of sulfonamides is 1. The van der Waals surface area contributed by atoms with Gasteiger partial charge in [-0.2, -0.15) is 4.31 Å². The minimum absolute atomic E-state index is 0.0645. The average Bonchev–Trinajstić information content (AvgIpc) is 2.86. The fraction of sp³-hybridized carbons (Fsp3) is 0.517. The van der Waals surface area contributed by atoms with Crippen molar-refractivity contribution >= 4 is 21.8 Å². The molecule has 210 valence electrons. The molecule has 0 radical (unpaired) electrons. The Morgan fingerprint density at radius 3 is 2.08 bits per heavy atom. The summed E-state index contributed by atoms with van der Waals surface area (Å²) >= 11 is 0. The van der Waals surface area contributed by atoms with Crippen molar-refractivity contribution in [2.75, 3.05) is 13.1 Å². The van der Waals surface area contributed by atoms with Crippen LogP contribution in [0.1, 0.15) is 52.2 Å². The summed E-state index contributed by atoms with van der Waals surface area (Å²) < 4.78 is 28.6. The molecule has 2 rings (SSSR count). The molecule has 0 aromatic heterocycles. The molecule has 4 atom stereocenters. The maximum Gasteiger partial charge on any atom is 0.243 e. The van der Waals surface area contributed by atoms with Crippen molar-refractivity contribution in [1.29, 1.82) is 0 Å². The van der Waals surface area contributed by atoms with Gasteiger partial charge in [0.05, 0.1) is 17.0 Å². The Morgan fingerprint density at radius 1 is 0.947 bits per heavy atom. The number of rotatable bonds is 14. The first kappa shape index (κ1) is 31.5. The minimum Gasteiger partial charge on any atom is -0.390 e. The molecule has 2 aromatic rings. The molecule has 0 aliphatic heterocycles. The highest BCUT2D eigenvalue weighted by atomic mass is 32.2. The van der Waals surface area contributed by atoms with Crippen LogP contribution in [0.15, 0.2) is 59.5 Å². The van der Waals surface area contributed by atoms with E-state index >= 15 is 0 Å². The van der Waals surface area contributed by atoms with Crippen molar-refractivity contribution in [3.05, 3.63) is 65.7 Å². The molecule has 8 nitrogen and oxygen atoms in total. The minimum atomic E-state index is -3.89. The smallest absolute Gasteiger partial charge is 0.243 e. The first-order valence-corrected chi connectivity index (χ1v) is 14.6. The Labute approximate surface area is 227 Å². The van der Waals surface area contributed by atoms with Gasteiger partial charge in [-0.1, -0.05) is 82.1 Å². The lowest BCUT2D eigenvalue weighted by atomic mass is 9.98. The van der Waals surface area contributed by atoms with Crippen molar-refractivity contribution in [2.24, 2.45) is 11.8 Å². The summed E-state index contributed by atoms with van der Waals surface area (Å²) in [5.74, 6) is -0.875. The zero-order chi connectivity index (χ0) is 28.5. The highest BCUT2D eigenvalue weighted by Crippen LogP contribution is 2.20. The number of aryl methyl sites for hydroxylation is 1. The average molecular weight is 546 g/mol. The Bertz CT molecular complexity index is 1140. The van der Waals surface area contributed by atoms with Gasteiger partial charge in [0.2, 0.25) is 21.8 Å². The van der Waals surface area contributed by atoms with Gasteiger partial charge in [0, 0.05) is 20.0 Å². The molecular formula is C29H43N3O5S. The normalized spacial score (nSPS) is 15.1. The van der Waals surface area contributed by atoms with Crippen LogP contribution in [0.2, 0.25) is 0 Å². The quantitative estimate of drug-likeness (QED) is 0.337. The molecule has 0 aliphatic rings. The second-order valence-corrected chi connectivity index (χ2v) is 12.4. The number of amides is 2. The van der Waals surface area contributed by atoms with Crippen LogP contribution in [0.3, 0.4) is 0 Å². The molecule has 2 amide bonds. The van der Waals surface area contributed by atoms with E-state index in [9.17, 15) is 23.1 Å². The van der Waals surface area contributed by atoms with E-state index in [1.807, 2.05) is 65.0 Å². The third-order valence-electron chi connectivity index (χ3n) is 6.66. The number of benzene rings is 2. The van der Waals surface area contributed by atoms with Gasteiger partial charge in [-0.3, -0.25) is 9.59 Å². The fourth-order valence-corrected chi connectivity index (χ4v) is 5.70. The van der Waals surface area contributed by atoms with E-state index < -0.39 is 34.1 Å². The maximum atomic E-state index is 13.6. The molecule has 2 aromatic carbocycles. The van der Waals surface area contributed by atoms with Crippen molar-refractivity contribution in [1.82, 2.24) is 14.9 Å². The summed E-state index contributed by atoms with van der Waals surface area (Å²) in [7, 11) is -3.89. The van der Waals surface area contributed by atoms with Crippen LogP contribution in [-0.2, 0) is 26.0 Å². The molecule has 38 heavy (non-hydrogen) atoms. The fourth-order valence-electron chi connectivity index (χ4n) is 4.12. The van der Waals surface area contributed by atoms with Gasteiger partial charge in [0.1, 0.15) is 6.04 Å². The maximum absolute atomic E-state index is 13.6. The van der Waals surface area contributed by atoms with Gasteiger partial charge >= 0.3 is 0 Å². The summed E-state index contributed by atoms with van der Waals surface area (Å²) in [4.78, 5) is 25.1.